The summed E-state index contributed by atoms with van der Waals surface area (Å²) in [4.78, 5) is 32.8. The van der Waals surface area contributed by atoms with Crippen molar-refractivity contribution in [3.63, 3.8) is 0 Å². The van der Waals surface area contributed by atoms with E-state index in [0.29, 0.717) is 0 Å². The van der Waals surface area contributed by atoms with Crippen LogP contribution in [0, 0.1) is 0 Å². The maximum Gasteiger partial charge on any atom is 0.321 e. The Labute approximate surface area is 118 Å². The molecule has 0 heterocycles. The van der Waals surface area contributed by atoms with Crippen LogP contribution in [0.2, 0.25) is 0 Å². The quantitative estimate of drug-likeness (QED) is 0.765. The molecule has 0 spiro atoms. The van der Waals surface area contributed by atoms with Crippen molar-refractivity contribution in [3.05, 3.63) is 34.3 Å². The number of rotatable bonds is 5. The van der Waals surface area contributed by atoms with Gasteiger partial charge in [0.25, 0.3) is 0 Å². The first-order valence-electron chi connectivity index (χ1n) is 5.52. The molecule has 102 valence electrons. The fourth-order valence-electron chi connectivity index (χ4n) is 1.27. The number of hydrogen-bond donors (Lipinski definition) is 3. The van der Waals surface area contributed by atoms with Crippen LogP contribution in [0.5, 0.6) is 0 Å². The van der Waals surface area contributed by atoms with E-state index in [1.54, 1.807) is 0 Å². The van der Waals surface area contributed by atoms with Crippen LogP contribution in [0.3, 0.4) is 0 Å². The SMILES string of the molecule is O=C(O)CCC(=O)NC(=O)NCc1ccccc1Br. The van der Waals surface area contributed by atoms with Crippen molar-refractivity contribution in [1.82, 2.24) is 10.6 Å². The van der Waals surface area contributed by atoms with Gasteiger partial charge in [-0.05, 0) is 11.6 Å². The number of amides is 3. The van der Waals surface area contributed by atoms with Gasteiger partial charge >= 0.3 is 12.0 Å². The summed E-state index contributed by atoms with van der Waals surface area (Å²) in [6.45, 7) is 0.263. The monoisotopic (exact) mass is 328 g/mol. The third kappa shape index (κ3) is 6.01. The van der Waals surface area contributed by atoms with Crippen molar-refractivity contribution in [2.45, 2.75) is 19.4 Å². The average Bonchev–Trinajstić information content (AvgIpc) is 2.35. The number of urea groups is 1. The Morgan fingerprint density at radius 2 is 1.84 bits per heavy atom. The molecule has 0 aliphatic carbocycles. The first kappa shape index (κ1) is 15.2. The number of carbonyl (C=O) groups excluding carboxylic acids is 2. The van der Waals surface area contributed by atoms with Crippen LogP contribution in [0.25, 0.3) is 0 Å². The van der Waals surface area contributed by atoms with E-state index in [0.717, 1.165) is 10.0 Å². The molecule has 19 heavy (non-hydrogen) atoms. The molecule has 1 aromatic carbocycles. The van der Waals surface area contributed by atoms with Crippen molar-refractivity contribution < 1.29 is 19.5 Å². The van der Waals surface area contributed by atoms with Gasteiger partial charge in [0.2, 0.25) is 5.91 Å². The minimum absolute atomic E-state index is 0.224. The van der Waals surface area contributed by atoms with Crippen molar-refractivity contribution in [2.75, 3.05) is 0 Å². The topological polar surface area (TPSA) is 95.5 Å². The molecule has 1 rings (SSSR count). The van der Waals surface area contributed by atoms with E-state index in [-0.39, 0.29) is 19.4 Å². The lowest BCUT2D eigenvalue weighted by Crippen LogP contribution is -2.39. The zero-order valence-electron chi connectivity index (χ0n) is 9.98. The summed E-state index contributed by atoms with van der Waals surface area (Å²) in [5, 5.41) is 13.0. The lowest BCUT2D eigenvalue weighted by Gasteiger charge is -2.07. The molecule has 3 N–H and O–H groups in total. The zero-order valence-corrected chi connectivity index (χ0v) is 11.6. The number of imide groups is 1. The summed E-state index contributed by atoms with van der Waals surface area (Å²) in [6, 6.07) is 6.70. The van der Waals surface area contributed by atoms with Gasteiger partial charge in [-0.3, -0.25) is 14.9 Å². The van der Waals surface area contributed by atoms with Crippen molar-refractivity contribution >= 4 is 33.8 Å². The van der Waals surface area contributed by atoms with Crippen LogP contribution in [-0.2, 0) is 16.1 Å². The largest absolute Gasteiger partial charge is 0.481 e. The van der Waals surface area contributed by atoms with E-state index in [4.69, 9.17) is 5.11 Å². The third-order valence-electron chi connectivity index (χ3n) is 2.22. The number of carboxylic acids is 1. The predicted molar refractivity (Wildman–Crippen MR) is 71.4 cm³/mol. The summed E-state index contributed by atoms with van der Waals surface area (Å²) in [5.41, 5.74) is 0.871. The van der Waals surface area contributed by atoms with Gasteiger partial charge in [0.05, 0.1) is 6.42 Å². The Bertz CT molecular complexity index is 490. The summed E-state index contributed by atoms with van der Waals surface area (Å²) in [5.74, 6) is -1.70. The third-order valence-corrected chi connectivity index (χ3v) is 2.99. The molecule has 0 aliphatic rings. The minimum atomic E-state index is -1.08. The molecule has 0 fully saturated rings. The first-order valence-corrected chi connectivity index (χ1v) is 6.31. The van der Waals surface area contributed by atoms with E-state index < -0.39 is 17.9 Å². The van der Waals surface area contributed by atoms with E-state index in [1.807, 2.05) is 24.3 Å². The highest BCUT2D eigenvalue weighted by Gasteiger charge is 2.09. The van der Waals surface area contributed by atoms with Gasteiger partial charge in [-0.15, -0.1) is 0 Å². The van der Waals surface area contributed by atoms with E-state index in [1.165, 1.54) is 0 Å². The van der Waals surface area contributed by atoms with E-state index >= 15 is 0 Å². The number of carbonyl (C=O) groups is 3. The highest BCUT2D eigenvalue weighted by molar-refractivity contribution is 9.10. The fraction of sp³-hybridized carbons (Fsp3) is 0.250. The normalized spacial score (nSPS) is 9.74. The molecule has 0 atom stereocenters. The second-order valence-electron chi connectivity index (χ2n) is 3.72. The highest BCUT2D eigenvalue weighted by Crippen LogP contribution is 2.15. The highest BCUT2D eigenvalue weighted by atomic mass is 79.9. The first-order chi connectivity index (χ1) is 8.99. The van der Waals surface area contributed by atoms with E-state index in [9.17, 15) is 14.4 Å². The standard InChI is InChI=1S/C12H13BrN2O4/c13-9-4-2-1-3-8(9)7-14-12(19)15-10(16)5-6-11(17)18/h1-4H,5-7H2,(H,17,18)(H2,14,15,16,19). The van der Waals surface area contributed by atoms with Crippen LogP contribution in [0.15, 0.2) is 28.7 Å². The summed E-state index contributed by atoms with van der Waals surface area (Å²) < 4.78 is 0.854. The molecular weight excluding hydrogens is 316 g/mol. The van der Waals surface area contributed by atoms with Gasteiger partial charge in [0.1, 0.15) is 0 Å². The van der Waals surface area contributed by atoms with Gasteiger partial charge in [-0.2, -0.15) is 0 Å². The molecule has 0 unspecified atom stereocenters. The van der Waals surface area contributed by atoms with Crippen LogP contribution < -0.4 is 10.6 Å². The molecule has 0 radical (unpaired) electrons. The Kier molecular flexibility index (Phi) is 6.01. The van der Waals surface area contributed by atoms with Gasteiger partial charge < -0.3 is 10.4 Å². The number of hydrogen-bond acceptors (Lipinski definition) is 3. The molecule has 0 aromatic heterocycles. The van der Waals surface area contributed by atoms with Crippen molar-refractivity contribution in [3.8, 4) is 0 Å². The van der Waals surface area contributed by atoms with Gasteiger partial charge in [0.15, 0.2) is 0 Å². The Balaban J connectivity index is 2.34. The van der Waals surface area contributed by atoms with Crippen LogP contribution in [0.4, 0.5) is 4.79 Å². The Hall–Kier alpha value is -1.89. The number of aliphatic carboxylic acids is 1. The predicted octanol–water partition coefficient (Wildman–Crippen LogP) is 1.64. The molecule has 3 amide bonds. The van der Waals surface area contributed by atoms with Gasteiger partial charge in [0, 0.05) is 17.4 Å². The molecule has 0 aliphatic heterocycles. The van der Waals surface area contributed by atoms with Crippen LogP contribution in [0.1, 0.15) is 18.4 Å². The second kappa shape index (κ2) is 7.52. The summed E-state index contributed by atoms with van der Waals surface area (Å²) in [6.07, 6.45) is -0.527. The van der Waals surface area contributed by atoms with Crippen LogP contribution in [-0.4, -0.2) is 23.0 Å². The lowest BCUT2D eigenvalue weighted by atomic mass is 10.2. The summed E-state index contributed by atoms with van der Waals surface area (Å²) in [7, 11) is 0. The van der Waals surface area contributed by atoms with Crippen molar-refractivity contribution in [2.24, 2.45) is 0 Å². The molecule has 6 nitrogen and oxygen atoms in total. The smallest absolute Gasteiger partial charge is 0.321 e. The Morgan fingerprint density at radius 1 is 1.16 bits per heavy atom. The maximum atomic E-state index is 11.4. The zero-order chi connectivity index (χ0) is 14.3. The summed E-state index contributed by atoms with van der Waals surface area (Å²) >= 11 is 3.33. The van der Waals surface area contributed by atoms with Crippen molar-refractivity contribution in [1.29, 1.82) is 0 Å². The van der Waals surface area contributed by atoms with Gasteiger partial charge in [-0.1, -0.05) is 34.1 Å². The van der Waals surface area contributed by atoms with Crippen LogP contribution >= 0.6 is 15.9 Å². The lowest BCUT2D eigenvalue weighted by molar-refractivity contribution is -0.138. The molecule has 0 saturated heterocycles. The van der Waals surface area contributed by atoms with E-state index in [2.05, 4.69) is 26.6 Å². The molecular formula is C12H13BrN2O4. The minimum Gasteiger partial charge on any atom is -0.481 e. The molecule has 0 saturated carbocycles. The molecule has 7 heteroatoms. The van der Waals surface area contributed by atoms with Gasteiger partial charge in [-0.25, -0.2) is 4.79 Å². The fourth-order valence-corrected chi connectivity index (χ4v) is 1.70. The average molecular weight is 329 g/mol. The number of carboxylic acid groups (broad SMARTS) is 1. The Morgan fingerprint density at radius 3 is 2.47 bits per heavy atom. The maximum absolute atomic E-state index is 11.4. The number of benzene rings is 1. The number of halogens is 1. The molecule has 0 bridgehead atoms. The number of nitrogens with one attached hydrogen (secondary N) is 2. The second-order valence-corrected chi connectivity index (χ2v) is 4.57. The molecule has 1 aromatic rings.